The van der Waals surface area contributed by atoms with Gasteiger partial charge in [-0.1, -0.05) is 24.6 Å². The molecule has 0 amide bonds. The zero-order valence-electron chi connectivity index (χ0n) is 10.5. The molecule has 0 bridgehead atoms. The SMILES string of the molecule is CNCC1(Cc2cccc(C(F)(F)F)c2)CCC1. The van der Waals surface area contributed by atoms with Crippen molar-refractivity contribution in [3.8, 4) is 0 Å². The molecule has 0 aliphatic heterocycles. The van der Waals surface area contributed by atoms with Crippen molar-refractivity contribution in [3.63, 3.8) is 0 Å². The van der Waals surface area contributed by atoms with Gasteiger partial charge in [0.1, 0.15) is 0 Å². The van der Waals surface area contributed by atoms with Gasteiger partial charge in [-0.2, -0.15) is 13.2 Å². The topological polar surface area (TPSA) is 12.0 Å². The average Bonchev–Trinajstić information content (AvgIpc) is 2.25. The molecule has 1 nitrogen and oxygen atoms in total. The van der Waals surface area contributed by atoms with E-state index in [1.807, 2.05) is 7.05 Å². The molecule has 1 aromatic rings. The molecule has 18 heavy (non-hydrogen) atoms. The highest BCUT2D eigenvalue weighted by Crippen LogP contribution is 2.43. The second kappa shape index (κ2) is 4.92. The van der Waals surface area contributed by atoms with Crippen molar-refractivity contribution in [1.29, 1.82) is 0 Å². The van der Waals surface area contributed by atoms with Crippen LogP contribution in [0.3, 0.4) is 0 Å². The van der Waals surface area contributed by atoms with Crippen molar-refractivity contribution in [2.75, 3.05) is 13.6 Å². The molecule has 0 saturated heterocycles. The first-order valence-corrected chi connectivity index (χ1v) is 6.26. The van der Waals surface area contributed by atoms with Crippen molar-refractivity contribution in [2.24, 2.45) is 5.41 Å². The third-order valence-electron chi connectivity index (χ3n) is 3.80. The molecular weight excluding hydrogens is 239 g/mol. The maximum Gasteiger partial charge on any atom is 0.416 e. The van der Waals surface area contributed by atoms with Gasteiger partial charge in [-0.25, -0.2) is 0 Å². The number of halogens is 3. The highest BCUT2D eigenvalue weighted by molar-refractivity contribution is 5.27. The van der Waals surface area contributed by atoms with Crippen LogP contribution >= 0.6 is 0 Å². The number of nitrogens with one attached hydrogen (secondary N) is 1. The second-order valence-corrected chi connectivity index (χ2v) is 5.26. The number of alkyl halides is 3. The van der Waals surface area contributed by atoms with E-state index in [0.717, 1.165) is 37.4 Å². The Morgan fingerprint density at radius 3 is 2.50 bits per heavy atom. The van der Waals surface area contributed by atoms with E-state index in [4.69, 9.17) is 0 Å². The minimum atomic E-state index is -4.24. The Kier molecular flexibility index (Phi) is 3.66. The Labute approximate surface area is 105 Å². The van der Waals surface area contributed by atoms with Gasteiger partial charge in [0.25, 0.3) is 0 Å². The van der Waals surface area contributed by atoms with Gasteiger partial charge >= 0.3 is 6.18 Å². The van der Waals surface area contributed by atoms with Crippen molar-refractivity contribution >= 4 is 0 Å². The van der Waals surface area contributed by atoms with Crippen LogP contribution in [0.15, 0.2) is 24.3 Å². The van der Waals surface area contributed by atoms with E-state index in [1.165, 1.54) is 18.6 Å². The first kappa shape index (κ1) is 13.4. The zero-order valence-corrected chi connectivity index (χ0v) is 10.5. The quantitative estimate of drug-likeness (QED) is 0.868. The van der Waals surface area contributed by atoms with Gasteiger partial charge in [0, 0.05) is 6.54 Å². The lowest BCUT2D eigenvalue weighted by Gasteiger charge is -2.42. The molecule has 2 rings (SSSR count). The largest absolute Gasteiger partial charge is 0.416 e. The first-order valence-electron chi connectivity index (χ1n) is 6.26. The first-order chi connectivity index (χ1) is 8.45. The van der Waals surface area contributed by atoms with E-state index in [2.05, 4.69) is 5.32 Å². The van der Waals surface area contributed by atoms with Gasteiger partial charge in [-0.15, -0.1) is 0 Å². The van der Waals surface area contributed by atoms with Gasteiger partial charge in [0.05, 0.1) is 5.56 Å². The summed E-state index contributed by atoms with van der Waals surface area (Å²) in [5.74, 6) is 0. The number of benzene rings is 1. The monoisotopic (exact) mass is 257 g/mol. The van der Waals surface area contributed by atoms with Crippen LogP contribution in [0.25, 0.3) is 0 Å². The Morgan fingerprint density at radius 2 is 2.00 bits per heavy atom. The van der Waals surface area contributed by atoms with Crippen LogP contribution in [0.4, 0.5) is 13.2 Å². The van der Waals surface area contributed by atoms with Crippen LogP contribution in [-0.4, -0.2) is 13.6 Å². The van der Waals surface area contributed by atoms with E-state index in [1.54, 1.807) is 6.07 Å². The van der Waals surface area contributed by atoms with Gasteiger partial charge in [0.2, 0.25) is 0 Å². The lowest BCUT2D eigenvalue weighted by Crippen LogP contribution is -2.40. The molecular formula is C14H18F3N. The molecule has 1 aromatic carbocycles. The molecule has 0 spiro atoms. The van der Waals surface area contributed by atoms with Crippen LogP contribution in [0.2, 0.25) is 0 Å². The van der Waals surface area contributed by atoms with E-state index in [-0.39, 0.29) is 5.41 Å². The lowest BCUT2D eigenvalue weighted by atomic mass is 9.65. The number of rotatable bonds is 4. The molecule has 0 radical (unpaired) electrons. The maximum absolute atomic E-state index is 12.6. The van der Waals surface area contributed by atoms with E-state index in [9.17, 15) is 13.2 Å². The summed E-state index contributed by atoms with van der Waals surface area (Å²) in [6, 6.07) is 5.72. The van der Waals surface area contributed by atoms with E-state index < -0.39 is 11.7 Å². The maximum atomic E-state index is 12.6. The predicted octanol–water partition coefficient (Wildman–Crippen LogP) is 3.64. The minimum Gasteiger partial charge on any atom is -0.319 e. The minimum absolute atomic E-state index is 0.166. The molecule has 0 aromatic heterocycles. The summed E-state index contributed by atoms with van der Waals surface area (Å²) in [7, 11) is 1.90. The van der Waals surface area contributed by atoms with Crippen LogP contribution in [0.1, 0.15) is 30.4 Å². The van der Waals surface area contributed by atoms with Gasteiger partial charge in [-0.05, 0) is 43.4 Å². The molecule has 100 valence electrons. The summed E-state index contributed by atoms with van der Waals surface area (Å²) >= 11 is 0. The van der Waals surface area contributed by atoms with Crippen molar-refractivity contribution in [1.82, 2.24) is 5.32 Å². The molecule has 1 fully saturated rings. The highest BCUT2D eigenvalue weighted by Gasteiger charge is 2.37. The van der Waals surface area contributed by atoms with Crippen LogP contribution in [0.5, 0.6) is 0 Å². The number of hydrogen-bond acceptors (Lipinski definition) is 1. The summed E-state index contributed by atoms with van der Waals surface area (Å²) in [5, 5.41) is 3.15. The number of hydrogen-bond donors (Lipinski definition) is 1. The lowest BCUT2D eigenvalue weighted by molar-refractivity contribution is -0.137. The molecule has 0 heterocycles. The van der Waals surface area contributed by atoms with Gasteiger partial charge < -0.3 is 5.32 Å². The highest BCUT2D eigenvalue weighted by atomic mass is 19.4. The Balaban J connectivity index is 2.14. The van der Waals surface area contributed by atoms with E-state index in [0.29, 0.717) is 0 Å². The molecule has 1 N–H and O–H groups in total. The van der Waals surface area contributed by atoms with Crippen LogP contribution < -0.4 is 5.32 Å². The third-order valence-corrected chi connectivity index (χ3v) is 3.80. The standard InChI is InChI=1S/C14H18F3N/c1-18-10-13(6-3-7-13)9-11-4-2-5-12(8-11)14(15,16)17/h2,4-5,8,18H,3,6-7,9-10H2,1H3. The molecule has 4 heteroatoms. The normalized spacial score (nSPS) is 18.4. The summed E-state index contributed by atoms with van der Waals surface area (Å²) in [6.45, 7) is 0.878. The molecule has 1 aliphatic rings. The summed E-state index contributed by atoms with van der Waals surface area (Å²) in [6.07, 6.45) is -0.127. The van der Waals surface area contributed by atoms with Crippen molar-refractivity contribution in [3.05, 3.63) is 35.4 Å². The smallest absolute Gasteiger partial charge is 0.319 e. The fraction of sp³-hybridized carbons (Fsp3) is 0.571. The van der Waals surface area contributed by atoms with Crippen molar-refractivity contribution in [2.45, 2.75) is 31.9 Å². The third kappa shape index (κ3) is 2.86. The molecule has 1 saturated carbocycles. The van der Waals surface area contributed by atoms with Gasteiger partial charge in [0.15, 0.2) is 0 Å². The van der Waals surface area contributed by atoms with Crippen LogP contribution in [-0.2, 0) is 12.6 Å². The summed E-state index contributed by atoms with van der Waals surface area (Å²) in [4.78, 5) is 0. The average molecular weight is 257 g/mol. The fourth-order valence-electron chi connectivity index (χ4n) is 2.76. The second-order valence-electron chi connectivity index (χ2n) is 5.26. The molecule has 1 aliphatic carbocycles. The Morgan fingerprint density at radius 1 is 1.28 bits per heavy atom. The Hall–Kier alpha value is -1.03. The van der Waals surface area contributed by atoms with Crippen molar-refractivity contribution < 1.29 is 13.2 Å². The predicted molar refractivity (Wildman–Crippen MR) is 65.4 cm³/mol. The zero-order chi connectivity index (χ0) is 13.2. The Bertz CT molecular complexity index is 408. The van der Waals surface area contributed by atoms with Crippen LogP contribution in [0, 0.1) is 5.41 Å². The molecule has 0 unspecified atom stereocenters. The summed E-state index contributed by atoms with van der Waals surface area (Å²) in [5.41, 5.74) is 0.414. The summed E-state index contributed by atoms with van der Waals surface area (Å²) < 4.78 is 37.9. The van der Waals surface area contributed by atoms with Gasteiger partial charge in [-0.3, -0.25) is 0 Å². The molecule has 0 atom stereocenters. The van der Waals surface area contributed by atoms with E-state index >= 15 is 0 Å². The fourth-order valence-corrected chi connectivity index (χ4v) is 2.76.